The van der Waals surface area contributed by atoms with E-state index in [1.807, 2.05) is 0 Å². The molecule has 12 heteroatoms. The van der Waals surface area contributed by atoms with Gasteiger partial charge in [-0.05, 0) is 62.7 Å². The van der Waals surface area contributed by atoms with Crippen LogP contribution in [0.3, 0.4) is 0 Å². The SMILES string of the molecule is Cc1c(-c2cccc(N(C3CCNCC3)S(=O)(=O)c3ccccc3Cl)c2)sc(C(=O)O)c1OCC(=O)O. The highest BCUT2D eigenvalue weighted by atomic mass is 35.5. The number of benzene rings is 2. The number of piperidine rings is 1. The van der Waals surface area contributed by atoms with Crippen molar-refractivity contribution in [3.05, 3.63) is 64.0 Å². The van der Waals surface area contributed by atoms with Crippen molar-refractivity contribution in [2.24, 2.45) is 0 Å². The molecule has 2 heterocycles. The summed E-state index contributed by atoms with van der Waals surface area (Å²) >= 11 is 7.25. The predicted molar refractivity (Wildman–Crippen MR) is 142 cm³/mol. The number of carboxylic acid groups (broad SMARTS) is 2. The van der Waals surface area contributed by atoms with Crippen LogP contribution in [-0.4, -0.2) is 56.3 Å². The van der Waals surface area contributed by atoms with E-state index in [1.54, 1.807) is 43.3 Å². The lowest BCUT2D eigenvalue weighted by atomic mass is 10.0. The standard InChI is InChI=1S/C25H25ClN2O7S2/c1-15-22(35-14-21(29)30)24(25(31)32)36-23(15)16-5-4-6-18(13-16)28(17-9-11-27-12-10-17)37(33,34)20-8-3-2-7-19(20)26/h2-8,13,17,27H,9-12,14H2,1H3,(H,29,30)(H,31,32). The van der Waals surface area contributed by atoms with E-state index in [1.165, 1.54) is 16.4 Å². The smallest absolute Gasteiger partial charge is 0.349 e. The summed E-state index contributed by atoms with van der Waals surface area (Å²) in [6.07, 6.45) is 1.20. The second-order valence-electron chi connectivity index (χ2n) is 8.46. The largest absolute Gasteiger partial charge is 0.480 e. The summed E-state index contributed by atoms with van der Waals surface area (Å²) in [6.45, 7) is 2.29. The number of aromatic carboxylic acids is 1. The highest BCUT2D eigenvalue weighted by Gasteiger charge is 2.34. The molecule has 0 spiro atoms. The minimum Gasteiger partial charge on any atom is -0.480 e. The van der Waals surface area contributed by atoms with Crippen LogP contribution in [-0.2, 0) is 14.8 Å². The lowest BCUT2D eigenvalue weighted by Gasteiger charge is -2.35. The van der Waals surface area contributed by atoms with E-state index in [-0.39, 0.29) is 26.6 Å². The molecule has 0 saturated carbocycles. The quantitative estimate of drug-likeness (QED) is 0.346. The third-order valence-corrected chi connectivity index (χ3v) is 9.69. The number of carboxylic acids is 2. The van der Waals surface area contributed by atoms with Crippen molar-refractivity contribution in [3.63, 3.8) is 0 Å². The number of rotatable bonds is 9. The molecule has 2 aromatic carbocycles. The Hall–Kier alpha value is -3.12. The molecule has 0 amide bonds. The van der Waals surface area contributed by atoms with Gasteiger partial charge in [-0.15, -0.1) is 11.3 Å². The van der Waals surface area contributed by atoms with Crippen LogP contribution < -0.4 is 14.4 Å². The average molecular weight is 565 g/mol. The molecule has 9 nitrogen and oxygen atoms in total. The molecule has 3 aromatic rings. The summed E-state index contributed by atoms with van der Waals surface area (Å²) in [7, 11) is -4.04. The Morgan fingerprint density at radius 1 is 1.14 bits per heavy atom. The van der Waals surface area contributed by atoms with Crippen molar-refractivity contribution in [2.45, 2.75) is 30.7 Å². The van der Waals surface area contributed by atoms with Gasteiger partial charge in [0, 0.05) is 16.5 Å². The van der Waals surface area contributed by atoms with Crippen molar-refractivity contribution in [1.29, 1.82) is 0 Å². The van der Waals surface area contributed by atoms with Gasteiger partial charge in [-0.2, -0.15) is 0 Å². The van der Waals surface area contributed by atoms with E-state index >= 15 is 0 Å². The van der Waals surface area contributed by atoms with Crippen molar-refractivity contribution in [1.82, 2.24) is 5.32 Å². The summed E-state index contributed by atoms with van der Waals surface area (Å²) in [5, 5.41) is 22.0. The molecule has 1 aliphatic heterocycles. The highest BCUT2D eigenvalue weighted by Crippen LogP contribution is 2.43. The fourth-order valence-electron chi connectivity index (χ4n) is 4.35. The minimum absolute atomic E-state index is 0.00502. The first kappa shape index (κ1) is 26.9. The van der Waals surface area contributed by atoms with Gasteiger partial charge in [-0.25, -0.2) is 18.0 Å². The Balaban J connectivity index is 1.83. The number of anilines is 1. The van der Waals surface area contributed by atoms with Crippen LogP contribution in [0.4, 0.5) is 5.69 Å². The minimum atomic E-state index is -4.04. The molecule has 3 N–H and O–H groups in total. The fraction of sp³-hybridized carbons (Fsp3) is 0.280. The van der Waals surface area contributed by atoms with E-state index < -0.39 is 28.6 Å². The second kappa shape index (κ2) is 11.1. The maximum atomic E-state index is 13.9. The number of hydrogen-bond donors (Lipinski definition) is 3. The normalized spacial score (nSPS) is 14.3. The maximum Gasteiger partial charge on any atom is 0.349 e. The first-order valence-electron chi connectivity index (χ1n) is 11.4. The van der Waals surface area contributed by atoms with Gasteiger partial charge in [0.25, 0.3) is 10.0 Å². The number of halogens is 1. The molecule has 4 rings (SSSR count). The van der Waals surface area contributed by atoms with Crippen LogP contribution >= 0.6 is 22.9 Å². The number of nitrogens with one attached hydrogen (secondary N) is 1. The molecule has 196 valence electrons. The molecule has 37 heavy (non-hydrogen) atoms. The van der Waals surface area contributed by atoms with E-state index in [9.17, 15) is 23.1 Å². The Bertz CT molecular complexity index is 1430. The van der Waals surface area contributed by atoms with Gasteiger partial charge in [0.15, 0.2) is 11.5 Å². The molecule has 0 unspecified atom stereocenters. The van der Waals surface area contributed by atoms with Gasteiger partial charge >= 0.3 is 11.9 Å². The van der Waals surface area contributed by atoms with Crippen molar-refractivity contribution in [2.75, 3.05) is 24.0 Å². The van der Waals surface area contributed by atoms with E-state index in [2.05, 4.69) is 5.32 Å². The number of sulfonamides is 1. The van der Waals surface area contributed by atoms with Gasteiger partial charge in [0.1, 0.15) is 10.6 Å². The maximum absolute atomic E-state index is 13.9. The third kappa shape index (κ3) is 5.59. The zero-order valence-corrected chi connectivity index (χ0v) is 22.2. The molecule has 0 aliphatic carbocycles. The molecule has 1 aliphatic rings. The zero-order chi connectivity index (χ0) is 26.7. The number of carbonyl (C=O) groups is 2. The molecular formula is C25H25ClN2O7S2. The first-order chi connectivity index (χ1) is 17.6. The van der Waals surface area contributed by atoms with Crippen molar-refractivity contribution < 1.29 is 33.0 Å². The Kier molecular flexibility index (Phi) is 8.08. The Morgan fingerprint density at radius 2 is 1.84 bits per heavy atom. The summed E-state index contributed by atoms with van der Waals surface area (Å²) in [5.41, 5.74) is 1.46. The van der Waals surface area contributed by atoms with Crippen LogP contribution in [0.5, 0.6) is 5.75 Å². The van der Waals surface area contributed by atoms with Crippen LogP contribution in [0.1, 0.15) is 28.1 Å². The number of hydrogen-bond acceptors (Lipinski definition) is 7. The van der Waals surface area contributed by atoms with Crippen LogP contribution in [0.25, 0.3) is 10.4 Å². The molecular weight excluding hydrogens is 540 g/mol. The topological polar surface area (TPSA) is 133 Å². The van der Waals surface area contributed by atoms with Crippen molar-refractivity contribution >= 4 is 50.6 Å². The fourth-order valence-corrected chi connectivity index (χ4v) is 7.64. The van der Waals surface area contributed by atoms with Gasteiger partial charge in [-0.3, -0.25) is 4.31 Å². The van der Waals surface area contributed by atoms with Crippen LogP contribution in [0.15, 0.2) is 53.4 Å². The molecule has 1 fully saturated rings. The second-order valence-corrected chi connectivity index (χ2v) is 11.7. The molecule has 1 saturated heterocycles. The van der Waals surface area contributed by atoms with E-state index in [0.717, 1.165) is 11.3 Å². The number of ether oxygens (including phenoxy) is 1. The first-order valence-corrected chi connectivity index (χ1v) is 14.1. The number of thiophene rings is 1. The molecule has 0 atom stereocenters. The molecule has 1 aromatic heterocycles. The summed E-state index contributed by atoms with van der Waals surface area (Å²) in [6, 6.07) is 12.8. The summed E-state index contributed by atoms with van der Waals surface area (Å²) in [4.78, 5) is 23.3. The monoisotopic (exact) mass is 564 g/mol. The highest BCUT2D eigenvalue weighted by molar-refractivity contribution is 7.93. The predicted octanol–water partition coefficient (Wildman–Crippen LogP) is 4.49. The number of nitrogens with zero attached hydrogens (tertiary/aromatic N) is 1. The summed E-state index contributed by atoms with van der Waals surface area (Å²) in [5.74, 6) is -2.49. The van der Waals surface area contributed by atoms with Gasteiger partial charge in [0.05, 0.1) is 10.7 Å². The Labute approximate surface area is 223 Å². The summed E-state index contributed by atoms with van der Waals surface area (Å²) < 4.78 is 34.6. The van der Waals surface area contributed by atoms with Gasteiger partial charge < -0.3 is 20.3 Å². The third-order valence-electron chi connectivity index (χ3n) is 6.00. The average Bonchev–Trinajstić information content (AvgIpc) is 3.20. The van der Waals surface area contributed by atoms with Crippen LogP contribution in [0.2, 0.25) is 5.02 Å². The Morgan fingerprint density at radius 3 is 2.49 bits per heavy atom. The molecule has 0 radical (unpaired) electrons. The van der Waals surface area contributed by atoms with Gasteiger partial charge in [-0.1, -0.05) is 35.9 Å². The lowest BCUT2D eigenvalue weighted by Crippen LogP contribution is -2.46. The van der Waals surface area contributed by atoms with Crippen LogP contribution in [0, 0.1) is 6.92 Å². The number of aliphatic carboxylic acids is 1. The van der Waals surface area contributed by atoms with E-state index in [0.29, 0.717) is 47.6 Å². The zero-order valence-electron chi connectivity index (χ0n) is 19.8. The van der Waals surface area contributed by atoms with E-state index in [4.69, 9.17) is 21.4 Å². The van der Waals surface area contributed by atoms with Gasteiger partial charge in [0.2, 0.25) is 0 Å². The van der Waals surface area contributed by atoms with Crippen molar-refractivity contribution in [3.8, 4) is 16.2 Å². The lowest BCUT2D eigenvalue weighted by molar-refractivity contribution is -0.139. The molecule has 0 bridgehead atoms.